The van der Waals surface area contributed by atoms with Gasteiger partial charge in [0.2, 0.25) is 5.60 Å². The van der Waals surface area contributed by atoms with Crippen LogP contribution in [-0.4, -0.2) is 60.1 Å². The molecule has 0 radical (unpaired) electrons. The Morgan fingerprint density at radius 3 is 1.56 bits per heavy atom. The van der Waals surface area contributed by atoms with Crippen molar-refractivity contribution in [3.63, 3.8) is 0 Å². The number of nitrogens with one attached hydrogen (secondary N) is 1. The zero-order chi connectivity index (χ0) is 55.9. The molecule has 0 unspecified atom stereocenters. The first-order chi connectivity index (χ1) is 40.3. The molecule has 12 nitrogen and oxygen atoms in total. The fourth-order valence-electron chi connectivity index (χ4n) is 10.9. The van der Waals surface area contributed by atoms with Gasteiger partial charge in [-0.2, -0.15) is 0 Å². The standard InChI is InChI=1S/C67H53N7O5S3/c68-65-70-55(43-82-65)57(72-79-67(51-35-19-6-20-36-51,52-37-21-7-22-38-52)53-39-23-8-24-40-53)61(75)71-58-62(76)74-59(64(77)78-60(46-25-9-1-10-26-46)47-27-11-2-12-28-47)56(44-81-63(58)74)80-42-54-41-69-45-73(54)66(48-29-13-3-14-30-48,49-31-15-4-16-32-49)50-33-17-5-18-34-50/h1-41,43,45,58,60,63H,42,44H2,(H2,68,70)(H,71,75)/b72-57-/t58-,63+/m1/s1. The third kappa shape index (κ3) is 10.2. The van der Waals surface area contributed by atoms with Gasteiger partial charge in [0.05, 0.1) is 6.33 Å². The van der Waals surface area contributed by atoms with Gasteiger partial charge in [-0.25, -0.2) is 14.8 Å². The van der Waals surface area contributed by atoms with E-state index in [-0.39, 0.29) is 22.2 Å². The number of carbonyl (C=O) groups excluding carboxylic acids is 3. The Labute approximate surface area is 487 Å². The second kappa shape index (κ2) is 23.8. The van der Waals surface area contributed by atoms with Crippen LogP contribution < -0.4 is 11.1 Å². The van der Waals surface area contributed by atoms with Gasteiger partial charge in [-0.05, 0) is 27.8 Å². The number of nitrogens with zero attached hydrogens (tertiary/aromatic N) is 5. The molecule has 12 rings (SSSR count). The summed E-state index contributed by atoms with van der Waals surface area (Å²) in [6.07, 6.45) is 2.91. The van der Waals surface area contributed by atoms with E-state index >= 15 is 14.4 Å². The lowest BCUT2D eigenvalue weighted by molar-refractivity contribution is -0.154. The van der Waals surface area contributed by atoms with Crippen LogP contribution in [0.1, 0.15) is 62.0 Å². The topological polar surface area (TPSA) is 154 Å². The maximum Gasteiger partial charge on any atom is 0.356 e. The highest BCUT2D eigenvalue weighted by molar-refractivity contribution is 8.05. The average molecular weight is 1130 g/mol. The van der Waals surface area contributed by atoms with Gasteiger partial charge in [-0.1, -0.05) is 248 Å². The summed E-state index contributed by atoms with van der Waals surface area (Å²) >= 11 is 4.04. The predicted molar refractivity (Wildman–Crippen MR) is 324 cm³/mol. The quantitative estimate of drug-likeness (QED) is 0.0263. The van der Waals surface area contributed by atoms with Crippen LogP contribution in [0.3, 0.4) is 0 Å². The van der Waals surface area contributed by atoms with Gasteiger partial charge in [-0.3, -0.25) is 14.5 Å². The number of anilines is 1. The number of thioether (sulfide) groups is 2. The zero-order valence-electron chi connectivity index (χ0n) is 44.1. The molecule has 1 saturated heterocycles. The number of oxime groups is 1. The predicted octanol–water partition coefficient (Wildman–Crippen LogP) is 12.4. The van der Waals surface area contributed by atoms with E-state index in [0.29, 0.717) is 16.4 Å². The number of rotatable bonds is 19. The first kappa shape index (κ1) is 53.4. The van der Waals surface area contributed by atoms with Crippen molar-refractivity contribution in [2.24, 2.45) is 5.16 Å². The van der Waals surface area contributed by atoms with Gasteiger partial charge in [-0.15, -0.1) is 34.9 Å². The third-order valence-electron chi connectivity index (χ3n) is 14.7. The summed E-state index contributed by atoms with van der Waals surface area (Å²) in [5, 5.41) is 8.81. The van der Waals surface area contributed by atoms with Crippen LogP contribution in [0.4, 0.5) is 5.13 Å². The van der Waals surface area contributed by atoms with Gasteiger partial charge < -0.3 is 25.2 Å². The number of fused-ring (bicyclic) bond motifs is 1. The van der Waals surface area contributed by atoms with E-state index in [4.69, 9.17) is 25.4 Å². The largest absolute Gasteiger partial charge is 0.448 e. The number of ether oxygens (including phenoxy) is 1. The minimum absolute atomic E-state index is 0.107. The molecule has 3 N–H and O–H groups in total. The van der Waals surface area contributed by atoms with Crippen molar-refractivity contribution >= 4 is 63.5 Å². The van der Waals surface area contributed by atoms with Crippen molar-refractivity contribution in [1.82, 2.24) is 24.8 Å². The molecule has 2 aliphatic heterocycles. The molecule has 0 aliphatic carbocycles. The number of nitrogens with two attached hydrogens (primary N) is 1. The van der Waals surface area contributed by atoms with E-state index in [1.165, 1.54) is 28.4 Å². The lowest BCUT2D eigenvalue weighted by atomic mass is 9.76. The second-order valence-corrected chi connectivity index (χ2v) is 22.5. The molecule has 4 heterocycles. The molecule has 2 amide bonds. The van der Waals surface area contributed by atoms with Gasteiger partial charge in [0.15, 0.2) is 16.9 Å². The van der Waals surface area contributed by atoms with Crippen molar-refractivity contribution in [2.45, 2.75) is 34.4 Å². The zero-order valence-corrected chi connectivity index (χ0v) is 46.5. The molecule has 1 fully saturated rings. The summed E-state index contributed by atoms with van der Waals surface area (Å²) in [6, 6.07) is 78.0. The molecule has 82 heavy (non-hydrogen) atoms. The number of imidazole rings is 1. The highest BCUT2D eigenvalue weighted by atomic mass is 32.2. The van der Waals surface area contributed by atoms with Crippen molar-refractivity contribution in [3.05, 3.63) is 327 Å². The third-order valence-corrected chi connectivity index (χ3v) is 17.9. The first-order valence-electron chi connectivity index (χ1n) is 26.6. The Balaban J connectivity index is 0.907. The molecule has 10 aromatic rings. The van der Waals surface area contributed by atoms with E-state index in [1.807, 2.05) is 219 Å². The number of amides is 2. The molecule has 2 aliphatic rings. The average Bonchev–Trinajstić information content (AvgIpc) is 2.33. The van der Waals surface area contributed by atoms with Crippen LogP contribution >= 0.6 is 34.9 Å². The SMILES string of the molecule is Nc1nc(/C(=N/OC(c2ccccc2)(c2ccccc2)c2ccccc2)C(=O)N[C@@H]2C(=O)N3C(C(=O)OC(c4ccccc4)c4ccccc4)=C(SCc4cncn4C(c4ccccc4)(c4ccccc4)c4ccccc4)CS[C@@H]23)cs1. The number of carbonyl (C=O) groups is 3. The maximum absolute atomic E-state index is 15.3. The number of hydrogen-bond acceptors (Lipinski definition) is 12. The summed E-state index contributed by atoms with van der Waals surface area (Å²) in [5.41, 5.74) is 11.8. The van der Waals surface area contributed by atoms with E-state index in [1.54, 1.807) is 5.38 Å². The molecule has 0 spiro atoms. The Morgan fingerprint density at radius 2 is 1.11 bits per heavy atom. The fraction of sp³-hybridized carbons (Fsp3) is 0.104. The number of hydrogen-bond donors (Lipinski definition) is 2. The first-order valence-corrected chi connectivity index (χ1v) is 29.5. The van der Waals surface area contributed by atoms with Crippen molar-refractivity contribution in [3.8, 4) is 0 Å². The number of esters is 1. The lowest BCUT2D eigenvalue weighted by Gasteiger charge is -2.49. The number of thiazole rings is 1. The minimum Gasteiger partial charge on any atom is -0.448 e. The highest BCUT2D eigenvalue weighted by Gasteiger charge is 2.55. The molecule has 8 aromatic carbocycles. The molecule has 0 bridgehead atoms. The Hall–Kier alpha value is -9.28. The van der Waals surface area contributed by atoms with Gasteiger partial charge in [0, 0.05) is 50.4 Å². The summed E-state index contributed by atoms with van der Waals surface area (Å²) < 4.78 is 8.81. The normalized spacial score (nSPS) is 15.4. The smallest absolute Gasteiger partial charge is 0.356 e. The molecule has 2 atom stereocenters. The number of β-lactam (4-membered cyclic amide) rings is 1. The van der Waals surface area contributed by atoms with Gasteiger partial charge in [0.25, 0.3) is 11.8 Å². The van der Waals surface area contributed by atoms with Crippen molar-refractivity contribution in [2.75, 3.05) is 11.5 Å². The van der Waals surface area contributed by atoms with Crippen molar-refractivity contribution < 1.29 is 24.0 Å². The van der Waals surface area contributed by atoms with Crippen LogP contribution in [0.15, 0.2) is 276 Å². The monoisotopic (exact) mass is 1130 g/mol. The molecular weight excluding hydrogens is 1080 g/mol. The van der Waals surface area contributed by atoms with Crippen molar-refractivity contribution in [1.29, 1.82) is 0 Å². The lowest BCUT2D eigenvalue weighted by Crippen LogP contribution is -2.71. The fourth-order valence-corrected chi connectivity index (χ4v) is 14.0. The Bertz CT molecular complexity index is 3660. The van der Waals surface area contributed by atoms with E-state index in [0.717, 1.165) is 61.5 Å². The second-order valence-electron chi connectivity index (χ2n) is 19.5. The van der Waals surface area contributed by atoms with Gasteiger partial charge >= 0.3 is 5.97 Å². The van der Waals surface area contributed by atoms with Gasteiger partial charge in [0.1, 0.15) is 28.3 Å². The van der Waals surface area contributed by atoms with Crippen LogP contribution in [0, 0.1) is 0 Å². The molecule has 15 heteroatoms. The number of benzene rings is 8. The number of nitrogen functional groups attached to an aromatic ring is 1. The minimum atomic E-state index is -1.34. The van der Waals surface area contributed by atoms with E-state index in [9.17, 15) is 0 Å². The molecule has 404 valence electrons. The summed E-state index contributed by atoms with van der Waals surface area (Å²) in [6.45, 7) is 0. The molecular formula is C67H53N7O5S3. The summed E-state index contributed by atoms with van der Waals surface area (Å²) in [5.74, 6) is -1.23. The molecule has 0 saturated carbocycles. The van der Waals surface area contributed by atoms with Crippen LogP contribution in [0.5, 0.6) is 0 Å². The molecule has 2 aromatic heterocycles. The maximum atomic E-state index is 15.3. The Morgan fingerprint density at radius 1 is 0.659 bits per heavy atom. The van der Waals surface area contributed by atoms with Crippen LogP contribution in [0.25, 0.3) is 0 Å². The highest BCUT2D eigenvalue weighted by Crippen LogP contribution is 2.47. The summed E-state index contributed by atoms with van der Waals surface area (Å²) in [7, 11) is 0. The van der Waals surface area contributed by atoms with Crippen LogP contribution in [0.2, 0.25) is 0 Å². The number of aromatic nitrogens is 3. The van der Waals surface area contributed by atoms with E-state index in [2.05, 4.69) is 51.3 Å². The van der Waals surface area contributed by atoms with Crippen LogP contribution in [-0.2, 0) is 40.9 Å². The van der Waals surface area contributed by atoms with E-state index < -0.39 is 46.4 Å². The Kier molecular flexibility index (Phi) is 15.5. The summed E-state index contributed by atoms with van der Waals surface area (Å²) in [4.78, 5) is 63.6.